The highest BCUT2D eigenvalue weighted by atomic mass is 16.3. The van der Waals surface area contributed by atoms with Gasteiger partial charge in [-0.25, -0.2) is 0 Å². The molecule has 0 fully saturated rings. The van der Waals surface area contributed by atoms with Crippen LogP contribution in [0.4, 0.5) is 0 Å². The summed E-state index contributed by atoms with van der Waals surface area (Å²) >= 11 is 0. The normalized spacial score (nSPS) is 16.0. The molecule has 0 aromatic rings. The summed E-state index contributed by atoms with van der Waals surface area (Å²) in [6.07, 6.45) is 2.43. The van der Waals surface area contributed by atoms with Gasteiger partial charge in [-0.15, -0.1) is 0 Å². The van der Waals surface area contributed by atoms with Gasteiger partial charge in [0.15, 0.2) is 0 Å². The molecular formula is C12H28N2O. The van der Waals surface area contributed by atoms with Crippen LogP contribution in [0.3, 0.4) is 0 Å². The summed E-state index contributed by atoms with van der Waals surface area (Å²) in [5.41, 5.74) is 0. The highest BCUT2D eigenvalue weighted by Gasteiger charge is 2.14. The lowest BCUT2D eigenvalue weighted by Crippen LogP contribution is -2.47. The molecule has 0 amide bonds. The highest BCUT2D eigenvalue weighted by molar-refractivity contribution is 4.74. The van der Waals surface area contributed by atoms with Crippen molar-refractivity contribution in [3.05, 3.63) is 0 Å². The first-order valence-electron chi connectivity index (χ1n) is 6.08. The standard InChI is InChI=1S/C12H28N2O/c1-6-7-11(4)14(5)8-12(9-15)13-10(2)3/h10-13,15H,6-9H2,1-5H3. The van der Waals surface area contributed by atoms with Crippen molar-refractivity contribution >= 4 is 0 Å². The average molecular weight is 216 g/mol. The van der Waals surface area contributed by atoms with Crippen LogP contribution < -0.4 is 5.32 Å². The lowest BCUT2D eigenvalue weighted by Gasteiger charge is -2.29. The second-order valence-electron chi connectivity index (χ2n) is 4.78. The Morgan fingerprint density at radius 2 is 1.87 bits per heavy atom. The third kappa shape index (κ3) is 6.88. The molecule has 0 spiro atoms. The van der Waals surface area contributed by atoms with E-state index in [1.54, 1.807) is 0 Å². The number of aliphatic hydroxyl groups excluding tert-OH is 1. The van der Waals surface area contributed by atoms with Crippen molar-refractivity contribution in [2.45, 2.75) is 58.7 Å². The van der Waals surface area contributed by atoms with Crippen LogP contribution in [0.25, 0.3) is 0 Å². The second-order valence-corrected chi connectivity index (χ2v) is 4.78. The Morgan fingerprint density at radius 1 is 1.27 bits per heavy atom. The molecule has 92 valence electrons. The van der Waals surface area contributed by atoms with Gasteiger partial charge in [-0.2, -0.15) is 0 Å². The number of aliphatic hydroxyl groups is 1. The van der Waals surface area contributed by atoms with E-state index in [0.29, 0.717) is 12.1 Å². The van der Waals surface area contributed by atoms with Gasteiger partial charge in [-0.1, -0.05) is 27.2 Å². The quantitative estimate of drug-likeness (QED) is 0.645. The molecular weight excluding hydrogens is 188 g/mol. The Labute approximate surface area is 94.9 Å². The zero-order valence-corrected chi connectivity index (χ0v) is 11.0. The number of hydrogen-bond donors (Lipinski definition) is 2. The number of hydrogen-bond acceptors (Lipinski definition) is 3. The SMILES string of the molecule is CCCC(C)N(C)CC(CO)NC(C)C. The van der Waals surface area contributed by atoms with Crippen molar-refractivity contribution in [3.8, 4) is 0 Å². The summed E-state index contributed by atoms with van der Waals surface area (Å²) < 4.78 is 0. The van der Waals surface area contributed by atoms with E-state index in [9.17, 15) is 5.11 Å². The average Bonchev–Trinajstić information content (AvgIpc) is 2.16. The molecule has 0 aliphatic rings. The Bertz CT molecular complexity index is 151. The minimum Gasteiger partial charge on any atom is -0.395 e. The number of nitrogens with zero attached hydrogens (tertiary/aromatic N) is 1. The van der Waals surface area contributed by atoms with Crippen LogP contribution in [-0.2, 0) is 0 Å². The monoisotopic (exact) mass is 216 g/mol. The van der Waals surface area contributed by atoms with Crippen LogP contribution in [0.5, 0.6) is 0 Å². The van der Waals surface area contributed by atoms with Crippen LogP contribution >= 0.6 is 0 Å². The first kappa shape index (κ1) is 14.9. The van der Waals surface area contributed by atoms with Crippen molar-refractivity contribution < 1.29 is 5.11 Å². The van der Waals surface area contributed by atoms with Gasteiger partial charge >= 0.3 is 0 Å². The predicted octanol–water partition coefficient (Wildman–Crippen LogP) is 1.47. The molecule has 3 nitrogen and oxygen atoms in total. The van der Waals surface area contributed by atoms with E-state index in [-0.39, 0.29) is 12.6 Å². The Hall–Kier alpha value is -0.120. The van der Waals surface area contributed by atoms with Crippen molar-refractivity contribution in [2.24, 2.45) is 0 Å². The van der Waals surface area contributed by atoms with Gasteiger partial charge in [0.1, 0.15) is 0 Å². The first-order chi connectivity index (χ1) is 7.01. The van der Waals surface area contributed by atoms with E-state index in [2.05, 4.69) is 45.0 Å². The van der Waals surface area contributed by atoms with Gasteiger partial charge in [-0.3, -0.25) is 0 Å². The molecule has 2 N–H and O–H groups in total. The third-order valence-corrected chi connectivity index (χ3v) is 2.76. The van der Waals surface area contributed by atoms with Gasteiger partial charge in [-0.05, 0) is 20.4 Å². The fourth-order valence-corrected chi connectivity index (χ4v) is 1.80. The molecule has 0 saturated carbocycles. The molecule has 0 rings (SSSR count). The fourth-order valence-electron chi connectivity index (χ4n) is 1.80. The molecule has 0 aliphatic heterocycles. The fraction of sp³-hybridized carbons (Fsp3) is 1.00. The lowest BCUT2D eigenvalue weighted by molar-refractivity contribution is 0.165. The second kappa shape index (κ2) is 8.08. The van der Waals surface area contributed by atoms with Crippen LogP contribution in [0.2, 0.25) is 0 Å². The highest BCUT2D eigenvalue weighted by Crippen LogP contribution is 2.04. The molecule has 0 aromatic heterocycles. The molecule has 0 aliphatic carbocycles. The molecule has 0 saturated heterocycles. The van der Waals surface area contributed by atoms with Gasteiger partial charge < -0.3 is 15.3 Å². The zero-order chi connectivity index (χ0) is 11.8. The Balaban J connectivity index is 3.94. The minimum atomic E-state index is 0.189. The summed E-state index contributed by atoms with van der Waals surface area (Å²) in [5, 5.41) is 12.6. The van der Waals surface area contributed by atoms with E-state index >= 15 is 0 Å². The topological polar surface area (TPSA) is 35.5 Å². The van der Waals surface area contributed by atoms with E-state index in [4.69, 9.17) is 0 Å². The van der Waals surface area contributed by atoms with E-state index in [0.717, 1.165) is 6.54 Å². The molecule has 0 radical (unpaired) electrons. The lowest BCUT2D eigenvalue weighted by atomic mass is 10.1. The number of likely N-dealkylation sites (N-methyl/N-ethyl adjacent to an activating group) is 1. The first-order valence-corrected chi connectivity index (χ1v) is 6.08. The van der Waals surface area contributed by atoms with Crippen LogP contribution in [0, 0.1) is 0 Å². The van der Waals surface area contributed by atoms with Crippen molar-refractivity contribution in [2.75, 3.05) is 20.2 Å². The van der Waals surface area contributed by atoms with E-state index < -0.39 is 0 Å². The van der Waals surface area contributed by atoms with Crippen LogP contribution in [0.1, 0.15) is 40.5 Å². The van der Waals surface area contributed by atoms with Crippen LogP contribution in [0.15, 0.2) is 0 Å². The van der Waals surface area contributed by atoms with Gasteiger partial charge in [0, 0.05) is 24.7 Å². The molecule has 15 heavy (non-hydrogen) atoms. The minimum absolute atomic E-state index is 0.189. The summed E-state index contributed by atoms with van der Waals surface area (Å²) in [4.78, 5) is 2.32. The molecule has 3 heteroatoms. The van der Waals surface area contributed by atoms with E-state index in [1.165, 1.54) is 12.8 Å². The Morgan fingerprint density at radius 3 is 2.27 bits per heavy atom. The molecule has 0 aromatic carbocycles. The number of rotatable bonds is 8. The maximum Gasteiger partial charge on any atom is 0.0597 e. The summed E-state index contributed by atoms with van der Waals surface area (Å²) in [5.74, 6) is 0. The molecule has 2 atom stereocenters. The van der Waals surface area contributed by atoms with Crippen molar-refractivity contribution in [1.29, 1.82) is 0 Å². The summed E-state index contributed by atoms with van der Waals surface area (Å²) in [6.45, 7) is 9.79. The Kier molecular flexibility index (Phi) is 8.02. The van der Waals surface area contributed by atoms with Gasteiger partial charge in [0.2, 0.25) is 0 Å². The van der Waals surface area contributed by atoms with Gasteiger partial charge in [0.25, 0.3) is 0 Å². The molecule has 0 heterocycles. The van der Waals surface area contributed by atoms with Gasteiger partial charge in [0.05, 0.1) is 6.61 Å². The largest absolute Gasteiger partial charge is 0.395 e. The van der Waals surface area contributed by atoms with E-state index in [1.807, 2.05) is 0 Å². The summed E-state index contributed by atoms with van der Waals surface area (Å²) in [6, 6.07) is 1.21. The smallest absolute Gasteiger partial charge is 0.0597 e. The van der Waals surface area contributed by atoms with Crippen LogP contribution in [-0.4, -0.2) is 48.3 Å². The maximum absolute atomic E-state index is 9.25. The van der Waals surface area contributed by atoms with Crippen molar-refractivity contribution in [1.82, 2.24) is 10.2 Å². The predicted molar refractivity (Wildman–Crippen MR) is 66.1 cm³/mol. The maximum atomic E-state index is 9.25. The molecule has 2 unspecified atom stereocenters. The van der Waals surface area contributed by atoms with Crippen molar-refractivity contribution in [3.63, 3.8) is 0 Å². The number of nitrogens with one attached hydrogen (secondary N) is 1. The third-order valence-electron chi connectivity index (χ3n) is 2.76. The zero-order valence-electron chi connectivity index (χ0n) is 11.0. The molecule has 0 bridgehead atoms. The summed E-state index contributed by atoms with van der Waals surface area (Å²) in [7, 11) is 2.13.